The third-order valence-corrected chi connectivity index (χ3v) is 3.23. The van der Waals surface area contributed by atoms with Crippen molar-refractivity contribution in [2.75, 3.05) is 0 Å². The van der Waals surface area contributed by atoms with Gasteiger partial charge in [0.05, 0.1) is 11.4 Å². The van der Waals surface area contributed by atoms with Gasteiger partial charge in [0.15, 0.2) is 0 Å². The molecule has 114 valence electrons. The standard InChI is InChI=1S/C17H25N3O/c1-13-10-15(20(5)19-13)12-21-16-8-6-14(7-9-16)11-18-17(2,3)4/h6-10,18H,11-12H2,1-5H3. The molecule has 1 aromatic carbocycles. The lowest BCUT2D eigenvalue weighted by Gasteiger charge is -2.20. The largest absolute Gasteiger partial charge is 0.487 e. The van der Waals surface area contributed by atoms with Crippen LogP contribution < -0.4 is 10.1 Å². The monoisotopic (exact) mass is 287 g/mol. The molecule has 21 heavy (non-hydrogen) atoms. The van der Waals surface area contributed by atoms with Crippen LogP contribution in [-0.2, 0) is 20.2 Å². The summed E-state index contributed by atoms with van der Waals surface area (Å²) < 4.78 is 7.66. The number of ether oxygens (including phenoxy) is 1. The number of rotatable bonds is 5. The third kappa shape index (κ3) is 4.90. The normalized spacial score (nSPS) is 11.7. The molecule has 0 atom stereocenters. The van der Waals surface area contributed by atoms with Gasteiger partial charge in [0, 0.05) is 19.1 Å². The molecule has 0 spiro atoms. The van der Waals surface area contributed by atoms with Gasteiger partial charge < -0.3 is 10.1 Å². The molecule has 4 nitrogen and oxygen atoms in total. The Bertz CT molecular complexity index is 579. The summed E-state index contributed by atoms with van der Waals surface area (Å²) in [6, 6.07) is 10.3. The zero-order valence-electron chi connectivity index (χ0n) is 13.6. The second-order valence-electron chi connectivity index (χ2n) is 6.44. The van der Waals surface area contributed by atoms with Gasteiger partial charge in [-0.3, -0.25) is 4.68 Å². The van der Waals surface area contributed by atoms with Crippen LogP contribution in [0.3, 0.4) is 0 Å². The van der Waals surface area contributed by atoms with E-state index < -0.39 is 0 Å². The smallest absolute Gasteiger partial charge is 0.130 e. The molecular formula is C17H25N3O. The minimum Gasteiger partial charge on any atom is -0.487 e. The van der Waals surface area contributed by atoms with Gasteiger partial charge in [-0.15, -0.1) is 0 Å². The van der Waals surface area contributed by atoms with Crippen LogP contribution in [0.15, 0.2) is 30.3 Å². The highest BCUT2D eigenvalue weighted by atomic mass is 16.5. The molecule has 0 aliphatic rings. The molecule has 4 heteroatoms. The van der Waals surface area contributed by atoms with Gasteiger partial charge in [0.25, 0.3) is 0 Å². The summed E-state index contributed by atoms with van der Waals surface area (Å²) in [5.74, 6) is 0.883. The van der Waals surface area contributed by atoms with Crippen molar-refractivity contribution in [3.63, 3.8) is 0 Å². The van der Waals surface area contributed by atoms with Gasteiger partial charge in [-0.05, 0) is 51.5 Å². The maximum Gasteiger partial charge on any atom is 0.130 e. The molecule has 2 rings (SSSR count). The zero-order chi connectivity index (χ0) is 15.5. The number of nitrogens with zero attached hydrogens (tertiary/aromatic N) is 2. The Labute approximate surface area is 127 Å². The van der Waals surface area contributed by atoms with Gasteiger partial charge in [0.1, 0.15) is 12.4 Å². The summed E-state index contributed by atoms with van der Waals surface area (Å²) in [4.78, 5) is 0. The Morgan fingerprint density at radius 1 is 1.19 bits per heavy atom. The van der Waals surface area contributed by atoms with E-state index in [9.17, 15) is 0 Å². The van der Waals surface area contributed by atoms with Crippen LogP contribution in [0, 0.1) is 6.92 Å². The van der Waals surface area contributed by atoms with Crippen molar-refractivity contribution < 1.29 is 4.74 Å². The maximum absolute atomic E-state index is 5.81. The molecule has 0 aliphatic heterocycles. The molecule has 0 fully saturated rings. The molecule has 1 aromatic heterocycles. The molecule has 0 unspecified atom stereocenters. The molecule has 2 aromatic rings. The highest BCUT2D eigenvalue weighted by Gasteiger charge is 2.08. The van der Waals surface area contributed by atoms with Gasteiger partial charge in [-0.2, -0.15) is 5.10 Å². The second kappa shape index (κ2) is 6.31. The van der Waals surface area contributed by atoms with Crippen LogP contribution in [-0.4, -0.2) is 15.3 Å². The fraction of sp³-hybridized carbons (Fsp3) is 0.471. The van der Waals surface area contributed by atoms with Gasteiger partial charge in [0.2, 0.25) is 0 Å². The Morgan fingerprint density at radius 2 is 1.86 bits per heavy atom. The molecule has 1 heterocycles. The Balaban J connectivity index is 1.89. The average molecular weight is 287 g/mol. The number of hydrogen-bond donors (Lipinski definition) is 1. The molecule has 0 bridgehead atoms. The van der Waals surface area contributed by atoms with Crippen molar-refractivity contribution in [2.45, 2.75) is 46.4 Å². The quantitative estimate of drug-likeness (QED) is 0.918. The molecule has 0 saturated carbocycles. The first-order valence-electron chi connectivity index (χ1n) is 7.30. The van der Waals surface area contributed by atoms with Crippen molar-refractivity contribution in [1.82, 2.24) is 15.1 Å². The predicted molar refractivity (Wildman–Crippen MR) is 85.3 cm³/mol. The summed E-state index contributed by atoms with van der Waals surface area (Å²) >= 11 is 0. The van der Waals surface area contributed by atoms with Crippen molar-refractivity contribution in [2.24, 2.45) is 7.05 Å². The highest BCUT2D eigenvalue weighted by molar-refractivity contribution is 5.27. The Hall–Kier alpha value is -1.81. The Kier molecular flexibility index (Phi) is 4.68. The van der Waals surface area contributed by atoms with E-state index >= 15 is 0 Å². The summed E-state index contributed by atoms with van der Waals surface area (Å²) in [6.45, 7) is 9.89. The van der Waals surface area contributed by atoms with Crippen LogP contribution >= 0.6 is 0 Å². The van der Waals surface area contributed by atoms with Crippen LogP contribution in [0.4, 0.5) is 0 Å². The van der Waals surface area contributed by atoms with E-state index in [1.807, 2.05) is 36.9 Å². The van der Waals surface area contributed by atoms with Gasteiger partial charge >= 0.3 is 0 Å². The van der Waals surface area contributed by atoms with Crippen molar-refractivity contribution >= 4 is 0 Å². The molecule has 0 amide bonds. The van der Waals surface area contributed by atoms with Gasteiger partial charge in [-0.1, -0.05) is 12.1 Å². The SMILES string of the molecule is Cc1cc(COc2ccc(CNC(C)(C)C)cc2)n(C)n1. The predicted octanol–water partition coefficient (Wildman–Crippen LogP) is 3.20. The Morgan fingerprint density at radius 3 is 2.38 bits per heavy atom. The summed E-state index contributed by atoms with van der Waals surface area (Å²) in [6.07, 6.45) is 0. The number of aryl methyl sites for hydroxylation is 2. The average Bonchev–Trinajstić information content (AvgIpc) is 2.73. The molecule has 0 saturated heterocycles. The summed E-state index contributed by atoms with van der Waals surface area (Å²) in [7, 11) is 1.94. The zero-order valence-corrected chi connectivity index (χ0v) is 13.6. The van der Waals surface area contributed by atoms with Crippen molar-refractivity contribution in [1.29, 1.82) is 0 Å². The lowest BCUT2D eigenvalue weighted by Crippen LogP contribution is -2.34. The first kappa shape index (κ1) is 15.6. The van der Waals surface area contributed by atoms with Crippen LogP contribution in [0.25, 0.3) is 0 Å². The van der Waals surface area contributed by atoms with Gasteiger partial charge in [-0.25, -0.2) is 0 Å². The number of hydrogen-bond acceptors (Lipinski definition) is 3. The lowest BCUT2D eigenvalue weighted by atomic mass is 10.1. The first-order chi connectivity index (χ1) is 9.83. The third-order valence-electron chi connectivity index (χ3n) is 3.23. The summed E-state index contributed by atoms with van der Waals surface area (Å²) in [5, 5.41) is 7.79. The number of nitrogens with one attached hydrogen (secondary N) is 1. The summed E-state index contributed by atoms with van der Waals surface area (Å²) in [5.41, 5.74) is 3.48. The minimum absolute atomic E-state index is 0.132. The molecule has 0 aliphatic carbocycles. The number of aromatic nitrogens is 2. The van der Waals surface area contributed by atoms with E-state index in [0.717, 1.165) is 23.7 Å². The van der Waals surface area contributed by atoms with Crippen molar-refractivity contribution in [3.05, 3.63) is 47.3 Å². The molecular weight excluding hydrogens is 262 g/mol. The lowest BCUT2D eigenvalue weighted by molar-refractivity contribution is 0.294. The van der Waals surface area contributed by atoms with E-state index in [0.29, 0.717) is 6.61 Å². The minimum atomic E-state index is 0.132. The second-order valence-corrected chi connectivity index (χ2v) is 6.44. The first-order valence-corrected chi connectivity index (χ1v) is 7.30. The van der Waals surface area contributed by atoms with E-state index in [4.69, 9.17) is 4.74 Å². The fourth-order valence-electron chi connectivity index (χ4n) is 2.03. The van der Waals surface area contributed by atoms with Crippen LogP contribution in [0.5, 0.6) is 5.75 Å². The molecule has 1 N–H and O–H groups in total. The van der Waals surface area contributed by atoms with Crippen LogP contribution in [0.2, 0.25) is 0 Å². The van der Waals surface area contributed by atoms with Crippen LogP contribution in [0.1, 0.15) is 37.7 Å². The number of benzene rings is 1. The van der Waals surface area contributed by atoms with E-state index in [-0.39, 0.29) is 5.54 Å². The maximum atomic E-state index is 5.81. The highest BCUT2D eigenvalue weighted by Crippen LogP contribution is 2.15. The topological polar surface area (TPSA) is 39.1 Å². The van der Waals surface area contributed by atoms with E-state index in [2.05, 4.69) is 43.3 Å². The fourth-order valence-corrected chi connectivity index (χ4v) is 2.03. The molecule has 0 radical (unpaired) electrons. The van der Waals surface area contributed by atoms with E-state index in [1.165, 1.54) is 5.56 Å². The van der Waals surface area contributed by atoms with Crippen molar-refractivity contribution in [3.8, 4) is 5.75 Å². The van der Waals surface area contributed by atoms with E-state index in [1.54, 1.807) is 0 Å².